The van der Waals surface area contributed by atoms with E-state index in [4.69, 9.17) is 14.2 Å². The van der Waals surface area contributed by atoms with E-state index in [9.17, 15) is 4.79 Å². The van der Waals surface area contributed by atoms with Crippen molar-refractivity contribution in [1.29, 1.82) is 0 Å². The Balaban J connectivity index is 1.87. The zero-order chi connectivity index (χ0) is 17.2. The molecule has 6 heteroatoms. The van der Waals surface area contributed by atoms with Gasteiger partial charge in [-0.2, -0.15) is 0 Å². The molecular weight excluding hydrogens is 308 g/mol. The van der Waals surface area contributed by atoms with Crippen molar-refractivity contribution < 1.29 is 19.0 Å². The fraction of sp³-hybridized carbons (Fsp3) is 0.556. The lowest BCUT2D eigenvalue weighted by Gasteiger charge is -2.37. The number of amides is 1. The monoisotopic (exact) mass is 332 g/mol. The minimum absolute atomic E-state index is 0.127. The summed E-state index contributed by atoms with van der Waals surface area (Å²) in [7, 11) is 0. The molecule has 0 spiro atoms. The van der Waals surface area contributed by atoms with Gasteiger partial charge in [0.2, 0.25) is 0 Å². The number of pyridine rings is 1. The molecule has 2 aliphatic rings. The molecule has 1 fully saturated rings. The van der Waals surface area contributed by atoms with Gasteiger partial charge >= 0.3 is 6.09 Å². The summed E-state index contributed by atoms with van der Waals surface area (Å²) in [6, 6.07) is 3.66. The molecule has 0 aromatic carbocycles. The van der Waals surface area contributed by atoms with E-state index in [1.807, 2.05) is 32.9 Å². The number of hydrogen-bond donors (Lipinski definition) is 0. The Morgan fingerprint density at radius 3 is 2.75 bits per heavy atom. The number of piperidine rings is 1. The van der Waals surface area contributed by atoms with Gasteiger partial charge in [-0.1, -0.05) is 0 Å². The van der Waals surface area contributed by atoms with E-state index in [2.05, 4.69) is 4.98 Å². The molecule has 1 aromatic rings. The van der Waals surface area contributed by atoms with Crippen molar-refractivity contribution in [1.82, 2.24) is 9.88 Å². The van der Waals surface area contributed by atoms with E-state index in [1.54, 1.807) is 11.1 Å². The molecule has 0 bridgehead atoms. The van der Waals surface area contributed by atoms with Crippen LogP contribution in [0, 0.1) is 0 Å². The lowest BCUT2D eigenvalue weighted by molar-refractivity contribution is -0.0279. The number of carbonyl (C=O) groups excluding carboxylic acids is 1. The first-order chi connectivity index (χ1) is 11.5. The highest BCUT2D eigenvalue weighted by atomic mass is 16.7. The second-order valence-electron chi connectivity index (χ2n) is 7.04. The van der Waals surface area contributed by atoms with Gasteiger partial charge in [0.1, 0.15) is 18.1 Å². The summed E-state index contributed by atoms with van der Waals surface area (Å²) in [6.07, 6.45) is 6.85. The molecule has 130 valence electrons. The van der Waals surface area contributed by atoms with Crippen LogP contribution >= 0.6 is 0 Å². The minimum Gasteiger partial charge on any atom is -0.455 e. The number of likely N-dealkylation sites (tertiary alicyclic amines) is 1. The van der Waals surface area contributed by atoms with Crippen molar-refractivity contribution >= 4 is 6.09 Å². The van der Waals surface area contributed by atoms with Gasteiger partial charge in [0.25, 0.3) is 6.29 Å². The van der Waals surface area contributed by atoms with Crippen LogP contribution in [0.1, 0.15) is 63.6 Å². The molecule has 1 unspecified atom stereocenters. The molecule has 6 nitrogen and oxygen atoms in total. The smallest absolute Gasteiger partial charge is 0.410 e. The van der Waals surface area contributed by atoms with Crippen LogP contribution in [0.4, 0.5) is 4.79 Å². The summed E-state index contributed by atoms with van der Waals surface area (Å²) >= 11 is 0. The standard InChI is InChI=1S/C18H24N2O4/c1-18(2,3)24-17(21)20-10-5-4-8-14(20)15-13(7-6-9-19-15)16-22-11-12-23-16/h6-7,9,11-12,14,16H,4-5,8,10H2,1-3H3. The van der Waals surface area contributed by atoms with E-state index in [1.165, 1.54) is 12.5 Å². The summed E-state index contributed by atoms with van der Waals surface area (Å²) in [5, 5.41) is 0. The summed E-state index contributed by atoms with van der Waals surface area (Å²) in [6.45, 7) is 6.30. The Hall–Kier alpha value is -2.24. The van der Waals surface area contributed by atoms with Crippen molar-refractivity contribution in [2.24, 2.45) is 0 Å². The van der Waals surface area contributed by atoms with Gasteiger partial charge in [0, 0.05) is 12.7 Å². The molecule has 1 amide bonds. The number of rotatable bonds is 2. The van der Waals surface area contributed by atoms with Crippen LogP contribution in [0.3, 0.4) is 0 Å². The molecule has 0 radical (unpaired) electrons. The fourth-order valence-corrected chi connectivity index (χ4v) is 3.05. The molecule has 24 heavy (non-hydrogen) atoms. The Morgan fingerprint density at radius 1 is 1.29 bits per heavy atom. The molecule has 0 aliphatic carbocycles. The second kappa shape index (κ2) is 6.71. The Labute approximate surface area is 142 Å². The van der Waals surface area contributed by atoms with Crippen molar-refractivity contribution in [3.8, 4) is 0 Å². The van der Waals surface area contributed by atoms with Gasteiger partial charge in [0.05, 0.1) is 17.3 Å². The van der Waals surface area contributed by atoms with Gasteiger partial charge in [0.15, 0.2) is 0 Å². The van der Waals surface area contributed by atoms with Gasteiger partial charge in [-0.3, -0.25) is 9.88 Å². The topological polar surface area (TPSA) is 60.9 Å². The second-order valence-corrected chi connectivity index (χ2v) is 7.04. The number of ether oxygens (including phenoxy) is 3. The third kappa shape index (κ3) is 3.63. The lowest BCUT2D eigenvalue weighted by Crippen LogP contribution is -2.42. The summed E-state index contributed by atoms with van der Waals surface area (Å²) in [5.41, 5.74) is 1.15. The van der Waals surface area contributed by atoms with E-state index < -0.39 is 11.9 Å². The normalized spacial score (nSPS) is 21.3. The van der Waals surface area contributed by atoms with Crippen LogP contribution in [-0.2, 0) is 14.2 Å². The maximum absolute atomic E-state index is 12.6. The van der Waals surface area contributed by atoms with E-state index in [0.717, 1.165) is 30.5 Å². The number of carbonyl (C=O) groups is 1. The van der Waals surface area contributed by atoms with Gasteiger partial charge in [-0.25, -0.2) is 4.79 Å². The summed E-state index contributed by atoms with van der Waals surface area (Å²) in [4.78, 5) is 19.0. The molecular formula is C18H24N2O4. The number of nitrogens with zero attached hydrogens (tertiary/aromatic N) is 2. The lowest BCUT2D eigenvalue weighted by atomic mass is 9.96. The average molecular weight is 332 g/mol. The summed E-state index contributed by atoms with van der Waals surface area (Å²) < 4.78 is 16.5. The zero-order valence-corrected chi connectivity index (χ0v) is 14.4. The van der Waals surface area contributed by atoms with E-state index in [0.29, 0.717) is 6.54 Å². The van der Waals surface area contributed by atoms with Crippen LogP contribution in [0.25, 0.3) is 0 Å². The van der Waals surface area contributed by atoms with Crippen molar-refractivity contribution in [3.05, 3.63) is 42.1 Å². The van der Waals surface area contributed by atoms with Crippen LogP contribution in [0.15, 0.2) is 30.9 Å². The molecule has 0 N–H and O–H groups in total. The zero-order valence-electron chi connectivity index (χ0n) is 14.4. The SMILES string of the molecule is CC(C)(C)OC(=O)N1CCCCC1c1ncccc1C1OC=CO1. The molecule has 1 aromatic heterocycles. The molecule has 1 saturated heterocycles. The molecule has 1 atom stereocenters. The van der Waals surface area contributed by atoms with Crippen molar-refractivity contribution in [2.45, 2.75) is 58.0 Å². The highest BCUT2D eigenvalue weighted by molar-refractivity contribution is 5.69. The van der Waals surface area contributed by atoms with E-state index in [-0.39, 0.29) is 12.1 Å². The third-order valence-electron chi connectivity index (χ3n) is 4.03. The van der Waals surface area contributed by atoms with Crippen LogP contribution in [-0.4, -0.2) is 28.1 Å². The molecule has 3 rings (SSSR count). The maximum atomic E-state index is 12.6. The van der Waals surface area contributed by atoms with Crippen LogP contribution in [0.2, 0.25) is 0 Å². The Bertz CT molecular complexity index is 616. The maximum Gasteiger partial charge on any atom is 0.410 e. The molecule has 2 aliphatic heterocycles. The van der Waals surface area contributed by atoms with Crippen molar-refractivity contribution in [2.75, 3.05) is 6.54 Å². The summed E-state index contributed by atoms with van der Waals surface area (Å²) in [5.74, 6) is 0. The highest BCUT2D eigenvalue weighted by Crippen LogP contribution is 2.36. The predicted molar refractivity (Wildman–Crippen MR) is 87.8 cm³/mol. The third-order valence-corrected chi connectivity index (χ3v) is 4.03. The van der Waals surface area contributed by atoms with Gasteiger partial charge in [-0.05, 0) is 52.2 Å². The average Bonchev–Trinajstić information content (AvgIpc) is 3.07. The highest BCUT2D eigenvalue weighted by Gasteiger charge is 2.35. The number of aromatic nitrogens is 1. The Morgan fingerprint density at radius 2 is 2.04 bits per heavy atom. The van der Waals surface area contributed by atoms with Crippen LogP contribution in [0.5, 0.6) is 0 Å². The molecule has 3 heterocycles. The number of hydrogen-bond acceptors (Lipinski definition) is 5. The molecule has 0 saturated carbocycles. The first kappa shape index (κ1) is 16.6. The van der Waals surface area contributed by atoms with E-state index >= 15 is 0 Å². The first-order valence-corrected chi connectivity index (χ1v) is 8.36. The van der Waals surface area contributed by atoms with Gasteiger partial charge < -0.3 is 14.2 Å². The van der Waals surface area contributed by atoms with Crippen molar-refractivity contribution in [3.63, 3.8) is 0 Å². The predicted octanol–water partition coefficient (Wildman–Crippen LogP) is 4.06. The van der Waals surface area contributed by atoms with Crippen LogP contribution < -0.4 is 0 Å². The van der Waals surface area contributed by atoms with Gasteiger partial charge in [-0.15, -0.1) is 0 Å². The largest absolute Gasteiger partial charge is 0.455 e. The Kier molecular flexibility index (Phi) is 4.64. The quantitative estimate of drug-likeness (QED) is 0.817. The first-order valence-electron chi connectivity index (χ1n) is 8.36. The minimum atomic E-state index is -0.520. The fourth-order valence-electron chi connectivity index (χ4n) is 3.05.